The van der Waals surface area contributed by atoms with Gasteiger partial charge >= 0.3 is 0 Å². The fourth-order valence-corrected chi connectivity index (χ4v) is 1.97. The van der Waals surface area contributed by atoms with Gasteiger partial charge in [0.2, 0.25) is 0 Å². The van der Waals surface area contributed by atoms with E-state index in [2.05, 4.69) is 18.9 Å². The van der Waals surface area contributed by atoms with E-state index in [-0.39, 0.29) is 6.67 Å². The summed E-state index contributed by atoms with van der Waals surface area (Å²) in [5, 5.41) is 4.43. The molecule has 2 N–H and O–H groups in total. The molecule has 0 saturated heterocycles. The molecular formula is C11H20FN3. The van der Waals surface area contributed by atoms with Gasteiger partial charge in [-0.25, -0.2) is 4.39 Å². The fourth-order valence-electron chi connectivity index (χ4n) is 1.97. The van der Waals surface area contributed by atoms with Crippen molar-refractivity contribution >= 4 is 0 Å². The Morgan fingerprint density at radius 1 is 1.33 bits per heavy atom. The number of halogens is 1. The van der Waals surface area contributed by atoms with E-state index in [0.29, 0.717) is 13.1 Å². The molecular weight excluding hydrogens is 193 g/mol. The Balaban J connectivity index is 3.07. The Bertz CT molecular complexity index is 307. The van der Waals surface area contributed by atoms with Crippen LogP contribution in [0.15, 0.2) is 0 Å². The summed E-state index contributed by atoms with van der Waals surface area (Å²) in [6.45, 7) is 4.77. The van der Waals surface area contributed by atoms with E-state index in [1.807, 2.05) is 0 Å². The molecule has 1 aromatic heterocycles. The summed E-state index contributed by atoms with van der Waals surface area (Å²) in [6.07, 6.45) is 2.63. The number of hydrogen-bond acceptors (Lipinski definition) is 2. The average Bonchev–Trinajstić information content (AvgIpc) is 2.57. The molecule has 15 heavy (non-hydrogen) atoms. The minimum absolute atomic E-state index is 0.361. The van der Waals surface area contributed by atoms with Crippen LogP contribution in [0.5, 0.6) is 0 Å². The first-order chi connectivity index (χ1) is 7.28. The SMILES string of the molecule is CCc1nn(CCF)c(CC)c1CCN. The second kappa shape index (κ2) is 5.85. The third-order valence-electron chi connectivity index (χ3n) is 2.61. The summed E-state index contributed by atoms with van der Waals surface area (Å²) in [7, 11) is 0. The number of nitrogens with two attached hydrogens (primary N) is 1. The highest BCUT2D eigenvalue weighted by atomic mass is 19.1. The molecule has 0 atom stereocenters. The highest BCUT2D eigenvalue weighted by Gasteiger charge is 2.14. The lowest BCUT2D eigenvalue weighted by molar-refractivity contribution is 0.419. The summed E-state index contributed by atoms with van der Waals surface area (Å²) in [5.74, 6) is 0. The maximum Gasteiger partial charge on any atom is 0.109 e. The van der Waals surface area contributed by atoms with Crippen LogP contribution in [0.3, 0.4) is 0 Å². The second-order valence-corrected chi connectivity index (χ2v) is 3.53. The Morgan fingerprint density at radius 3 is 2.53 bits per heavy atom. The third kappa shape index (κ3) is 2.56. The van der Waals surface area contributed by atoms with Gasteiger partial charge in [-0.2, -0.15) is 5.10 Å². The number of aromatic nitrogens is 2. The van der Waals surface area contributed by atoms with Crippen molar-refractivity contribution in [1.29, 1.82) is 0 Å². The first-order valence-corrected chi connectivity index (χ1v) is 5.61. The molecule has 0 radical (unpaired) electrons. The quantitative estimate of drug-likeness (QED) is 0.778. The average molecular weight is 213 g/mol. The van der Waals surface area contributed by atoms with Crippen LogP contribution in [0.2, 0.25) is 0 Å². The Morgan fingerprint density at radius 2 is 2.07 bits per heavy atom. The molecule has 0 fully saturated rings. The van der Waals surface area contributed by atoms with Crippen LogP contribution in [0.1, 0.15) is 30.8 Å². The minimum Gasteiger partial charge on any atom is -0.330 e. The van der Waals surface area contributed by atoms with Gasteiger partial charge in [0.25, 0.3) is 0 Å². The first-order valence-electron chi connectivity index (χ1n) is 5.61. The Kier molecular flexibility index (Phi) is 4.75. The molecule has 0 aliphatic carbocycles. The monoisotopic (exact) mass is 213 g/mol. The third-order valence-corrected chi connectivity index (χ3v) is 2.61. The highest BCUT2D eigenvalue weighted by molar-refractivity contribution is 5.27. The van der Waals surface area contributed by atoms with Crippen LogP contribution in [0, 0.1) is 0 Å². The van der Waals surface area contributed by atoms with Crippen molar-refractivity contribution in [2.75, 3.05) is 13.2 Å². The van der Waals surface area contributed by atoms with Gasteiger partial charge in [-0.3, -0.25) is 4.68 Å². The van der Waals surface area contributed by atoms with Crippen molar-refractivity contribution in [3.8, 4) is 0 Å². The molecule has 0 amide bonds. The van der Waals surface area contributed by atoms with Gasteiger partial charge in [-0.15, -0.1) is 0 Å². The van der Waals surface area contributed by atoms with Gasteiger partial charge < -0.3 is 5.73 Å². The van der Waals surface area contributed by atoms with E-state index in [0.717, 1.165) is 30.7 Å². The number of alkyl halides is 1. The Hall–Kier alpha value is -0.900. The van der Waals surface area contributed by atoms with Crippen LogP contribution in [-0.4, -0.2) is 23.0 Å². The topological polar surface area (TPSA) is 43.8 Å². The van der Waals surface area contributed by atoms with Crippen LogP contribution < -0.4 is 5.73 Å². The van der Waals surface area contributed by atoms with E-state index in [4.69, 9.17) is 5.73 Å². The lowest BCUT2D eigenvalue weighted by Crippen LogP contribution is -2.09. The van der Waals surface area contributed by atoms with E-state index < -0.39 is 0 Å². The van der Waals surface area contributed by atoms with Gasteiger partial charge in [0.05, 0.1) is 12.2 Å². The minimum atomic E-state index is -0.361. The van der Waals surface area contributed by atoms with Crippen LogP contribution in [0.4, 0.5) is 4.39 Å². The van der Waals surface area contributed by atoms with Crippen molar-refractivity contribution in [2.45, 2.75) is 39.7 Å². The maximum atomic E-state index is 12.3. The number of rotatable bonds is 6. The number of aryl methyl sites for hydroxylation is 2. The lowest BCUT2D eigenvalue weighted by atomic mass is 10.1. The molecule has 0 aliphatic rings. The highest BCUT2D eigenvalue weighted by Crippen LogP contribution is 2.16. The summed E-state index contributed by atoms with van der Waals surface area (Å²) in [4.78, 5) is 0. The van der Waals surface area contributed by atoms with Crippen molar-refractivity contribution in [3.63, 3.8) is 0 Å². The lowest BCUT2D eigenvalue weighted by Gasteiger charge is -2.05. The molecule has 0 spiro atoms. The van der Waals surface area contributed by atoms with E-state index in [9.17, 15) is 4.39 Å². The van der Waals surface area contributed by atoms with Gasteiger partial charge in [-0.05, 0) is 31.4 Å². The zero-order valence-electron chi connectivity index (χ0n) is 9.59. The van der Waals surface area contributed by atoms with Crippen molar-refractivity contribution in [2.24, 2.45) is 5.73 Å². The summed E-state index contributed by atoms with van der Waals surface area (Å²) in [6, 6.07) is 0. The molecule has 0 saturated carbocycles. The standard InChI is InChI=1S/C11H20FN3/c1-3-10-9(5-7-13)11(4-2)15(14-10)8-6-12/h3-8,13H2,1-2H3. The fraction of sp³-hybridized carbons (Fsp3) is 0.727. The molecule has 1 heterocycles. The van der Waals surface area contributed by atoms with Crippen molar-refractivity contribution < 1.29 is 4.39 Å². The Labute approximate surface area is 90.5 Å². The summed E-state index contributed by atoms with van der Waals surface area (Å²) >= 11 is 0. The van der Waals surface area contributed by atoms with Crippen molar-refractivity contribution in [1.82, 2.24) is 9.78 Å². The number of nitrogens with zero attached hydrogens (tertiary/aromatic N) is 2. The predicted octanol–water partition coefficient (Wildman–Crippen LogP) is 1.48. The number of hydrogen-bond donors (Lipinski definition) is 1. The predicted molar refractivity (Wildman–Crippen MR) is 59.7 cm³/mol. The summed E-state index contributed by atoms with van der Waals surface area (Å²) in [5.41, 5.74) is 9.04. The molecule has 0 aromatic carbocycles. The molecule has 0 aliphatic heterocycles. The maximum absolute atomic E-state index is 12.3. The molecule has 0 bridgehead atoms. The first kappa shape index (κ1) is 12.2. The molecule has 4 heteroatoms. The normalized spacial score (nSPS) is 10.9. The van der Waals surface area contributed by atoms with Gasteiger partial charge in [0.15, 0.2) is 0 Å². The smallest absolute Gasteiger partial charge is 0.109 e. The van der Waals surface area contributed by atoms with Gasteiger partial charge in [0, 0.05) is 5.69 Å². The summed E-state index contributed by atoms with van der Waals surface area (Å²) < 4.78 is 14.1. The van der Waals surface area contributed by atoms with E-state index in [1.54, 1.807) is 4.68 Å². The largest absolute Gasteiger partial charge is 0.330 e. The van der Waals surface area contributed by atoms with Crippen LogP contribution in [-0.2, 0) is 25.8 Å². The van der Waals surface area contributed by atoms with Crippen LogP contribution in [0.25, 0.3) is 0 Å². The molecule has 1 aromatic rings. The second-order valence-electron chi connectivity index (χ2n) is 3.53. The zero-order chi connectivity index (χ0) is 11.3. The van der Waals surface area contributed by atoms with E-state index >= 15 is 0 Å². The molecule has 3 nitrogen and oxygen atoms in total. The van der Waals surface area contributed by atoms with Gasteiger partial charge in [-0.1, -0.05) is 13.8 Å². The molecule has 1 rings (SSSR count). The van der Waals surface area contributed by atoms with Gasteiger partial charge in [0.1, 0.15) is 6.67 Å². The van der Waals surface area contributed by atoms with Crippen LogP contribution >= 0.6 is 0 Å². The van der Waals surface area contributed by atoms with Crippen molar-refractivity contribution in [3.05, 3.63) is 17.0 Å². The van der Waals surface area contributed by atoms with E-state index in [1.165, 1.54) is 5.56 Å². The molecule has 86 valence electrons. The zero-order valence-corrected chi connectivity index (χ0v) is 9.59. The molecule has 0 unspecified atom stereocenters.